The average molecular weight is 170 g/mol. The molecule has 0 aliphatic heterocycles. The molecule has 2 heterocycles. The molecule has 0 saturated carbocycles. The number of rotatable bonds is 1. The molecule has 2 rings (SSSR count). The molecule has 0 bridgehead atoms. The summed E-state index contributed by atoms with van der Waals surface area (Å²) in [6, 6.07) is 5.67. The van der Waals surface area contributed by atoms with Gasteiger partial charge in [0.25, 0.3) is 0 Å². The average Bonchev–Trinajstić information content (AvgIpc) is 2.67. The van der Waals surface area contributed by atoms with Crippen molar-refractivity contribution in [3.8, 4) is 11.8 Å². The van der Waals surface area contributed by atoms with Crippen LogP contribution in [0.25, 0.3) is 5.69 Å². The number of hydrogen-bond donors (Lipinski definition) is 0. The Kier molecular flexibility index (Phi) is 1.77. The van der Waals surface area contributed by atoms with Gasteiger partial charge >= 0.3 is 0 Å². The third-order valence-electron chi connectivity index (χ3n) is 1.66. The maximum atomic E-state index is 8.56. The summed E-state index contributed by atoms with van der Waals surface area (Å²) in [7, 11) is 0. The molecule has 62 valence electrons. The van der Waals surface area contributed by atoms with E-state index in [2.05, 4.69) is 9.97 Å². The van der Waals surface area contributed by atoms with E-state index < -0.39 is 0 Å². The van der Waals surface area contributed by atoms with E-state index in [1.165, 1.54) is 0 Å². The van der Waals surface area contributed by atoms with Crippen LogP contribution in [-0.2, 0) is 0 Å². The smallest absolute Gasteiger partial charge is 0.158 e. The molecule has 0 radical (unpaired) electrons. The van der Waals surface area contributed by atoms with E-state index in [1.807, 2.05) is 18.2 Å². The van der Waals surface area contributed by atoms with Crippen LogP contribution >= 0.6 is 0 Å². The molecule has 0 amide bonds. The largest absolute Gasteiger partial charge is 0.305 e. The molecule has 0 unspecified atom stereocenters. The molecule has 4 nitrogen and oxygen atoms in total. The summed E-state index contributed by atoms with van der Waals surface area (Å²) in [5.74, 6) is 0. The van der Waals surface area contributed by atoms with Crippen LogP contribution in [0.2, 0.25) is 0 Å². The lowest BCUT2D eigenvalue weighted by Gasteiger charge is -1.98. The van der Waals surface area contributed by atoms with Gasteiger partial charge in [-0.15, -0.1) is 0 Å². The van der Waals surface area contributed by atoms with E-state index in [0.29, 0.717) is 5.69 Å². The van der Waals surface area contributed by atoms with Gasteiger partial charge in [0.1, 0.15) is 12.4 Å². The molecule has 0 aromatic carbocycles. The summed E-state index contributed by atoms with van der Waals surface area (Å²) in [6.07, 6.45) is 6.67. The van der Waals surface area contributed by atoms with E-state index in [9.17, 15) is 0 Å². The molecule has 0 saturated heterocycles. The SMILES string of the molecule is N#Cc1cn(-c2ccncc2)cn1. The third kappa shape index (κ3) is 1.40. The molecular weight excluding hydrogens is 164 g/mol. The highest BCUT2D eigenvalue weighted by Gasteiger charge is 1.97. The van der Waals surface area contributed by atoms with Crippen LogP contribution in [0.5, 0.6) is 0 Å². The van der Waals surface area contributed by atoms with Crippen LogP contribution in [0.3, 0.4) is 0 Å². The van der Waals surface area contributed by atoms with Crippen molar-refractivity contribution in [1.82, 2.24) is 14.5 Å². The van der Waals surface area contributed by atoms with E-state index in [-0.39, 0.29) is 0 Å². The Morgan fingerprint density at radius 3 is 2.69 bits per heavy atom. The van der Waals surface area contributed by atoms with Crippen molar-refractivity contribution < 1.29 is 0 Å². The monoisotopic (exact) mass is 170 g/mol. The van der Waals surface area contributed by atoms with E-state index in [0.717, 1.165) is 5.69 Å². The third-order valence-corrected chi connectivity index (χ3v) is 1.66. The lowest BCUT2D eigenvalue weighted by Crippen LogP contribution is -1.88. The maximum absolute atomic E-state index is 8.56. The van der Waals surface area contributed by atoms with Crippen molar-refractivity contribution in [2.45, 2.75) is 0 Å². The zero-order valence-corrected chi connectivity index (χ0v) is 6.75. The van der Waals surface area contributed by atoms with Crippen LogP contribution in [0.15, 0.2) is 37.1 Å². The van der Waals surface area contributed by atoms with E-state index >= 15 is 0 Å². The summed E-state index contributed by atoms with van der Waals surface area (Å²) < 4.78 is 1.78. The first-order chi connectivity index (χ1) is 6.40. The van der Waals surface area contributed by atoms with E-state index in [1.54, 1.807) is 29.5 Å². The molecule has 0 aliphatic rings. The van der Waals surface area contributed by atoms with Gasteiger partial charge in [0.15, 0.2) is 5.69 Å². The van der Waals surface area contributed by atoms with Gasteiger partial charge in [0.05, 0.1) is 0 Å². The molecule has 2 aromatic heterocycles. The van der Waals surface area contributed by atoms with Gasteiger partial charge in [0, 0.05) is 24.3 Å². The van der Waals surface area contributed by atoms with E-state index in [4.69, 9.17) is 5.26 Å². The number of aromatic nitrogens is 3. The Hall–Kier alpha value is -2.15. The van der Waals surface area contributed by atoms with Crippen LogP contribution in [0.1, 0.15) is 5.69 Å². The summed E-state index contributed by atoms with van der Waals surface area (Å²) in [4.78, 5) is 7.79. The van der Waals surface area contributed by atoms with Crippen LogP contribution in [-0.4, -0.2) is 14.5 Å². The van der Waals surface area contributed by atoms with Crippen LogP contribution < -0.4 is 0 Å². The molecule has 13 heavy (non-hydrogen) atoms. The predicted molar refractivity (Wildman–Crippen MR) is 46.1 cm³/mol. The first kappa shape index (κ1) is 7.50. The van der Waals surface area contributed by atoms with Crippen molar-refractivity contribution in [2.24, 2.45) is 0 Å². The molecule has 2 aromatic rings. The first-order valence-corrected chi connectivity index (χ1v) is 3.74. The van der Waals surface area contributed by atoms with Gasteiger partial charge in [-0.25, -0.2) is 4.98 Å². The van der Waals surface area contributed by atoms with Crippen molar-refractivity contribution in [3.05, 3.63) is 42.7 Å². The van der Waals surface area contributed by atoms with Crippen LogP contribution in [0.4, 0.5) is 0 Å². The topological polar surface area (TPSA) is 54.5 Å². The Bertz CT molecular complexity index is 438. The fraction of sp³-hybridized carbons (Fsp3) is 0. The normalized spacial score (nSPS) is 9.46. The fourth-order valence-electron chi connectivity index (χ4n) is 1.04. The summed E-state index contributed by atoms with van der Waals surface area (Å²) in [6.45, 7) is 0. The van der Waals surface area contributed by atoms with Gasteiger partial charge in [-0.2, -0.15) is 5.26 Å². The van der Waals surface area contributed by atoms with Crippen LogP contribution in [0, 0.1) is 11.3 Å². The van der Waals surface area contributed by atoms with Gasteiger partial charge in [-0.05, 0) is 12.1 Å². The standard InChI is InChI=1S/C9H6N4/c10-5-8-6-13(7-12-8)9-1-3-11-4-2-9/h1-4,6-7H. The molecule has 0 atom stereocenters. The van der Waals surface area contributed by atoms with Gasteiger partial charge < -0.3 is 4.57 Å². The lowest BCUT2D eigenvalue weighted by molar-refractivity contribution is 1.05. The van der Waals surface area contributed by atoms with Gasteiger partial charge in [-0.3, -0.25) is 4.98 Å². The Labute approximate surface area is 75.1 Å². The van der Waals surface area contributed by atoms with Crippen molar-refractivity contribution in [3.63, 3.8) is 0 Å². The highest BCUT2D eigenvalue weighted by atomic mass is 15.0. The highest BCUT2D eigenvalue weighted by molar-refractivity contribution is 5.31. The minimum Gasteiger partial charge on any atom is -0.305 e. The van der Waals surface area contributed by atoms with Gasteiger partial charge in [-0.1, -0.05) is 0 Å². The second-order valence-corrected chi connectivity index (χ2v) is 2.48. The quantitative estimate of drug-likeness (QED) is 0.644. The fourth-order valence-corrected chi connectivity index (χ4v) is 1.04. The first-order valence-electron chi connectivity index (χ1n) is 3.74. The minimum absolute atomic E-state index is 0.414. The Morgan fingerprint density at radius 2 is 2.08 bits per heavy atom. The minimum atomic E-state index is 0.414. The molecule has 0 spiro atoms. The molecule has 0 fully saturated rings. The summed E-state index contributed by atoms with van der Waals surface area (Å²) >= 11 is 0. The number of pyridine rings is 1. The number of imidazole rings is 1. The molecule has 0 aliphatic carbocycles. The summed E-state index contributed by atoms with van der Waals surface area (Å²) in [5.41, 5.74) is 1.36. The van der Waals surface area contributed by atoms with Crippen molar-refractivity contribution in [1.29, 1.82) is 5.26 Å². The number of hydrogen-bond acceptors (Lipinski definition) is 3. The van der Waals surface area contributed by atoms with Crippen molar-refractivity contribution >= 4 is 0 Å². The number of nitriles is 1. The Balaban J connectivity index is 2.43. The zero-order valence-electron chi connectivity index (χ0n) is 6.75. The second kappa shape index (κ2) is 3.07. The number of nitrogens with zero attached hydrogens (tertiary/aromatic N) is 4. The Morgan fingerprint density at radius 1 is 1.31 bits per heavy atom. The lowest BCUT2D eigenvalue weighted by atomic mass is 10.4. The zero-order chi connectivity index (χ0) is 9.10. The van der Waals surface area contributed by atoms with Gasteiger partial charge in [0.2, 0.25) is 0 Å². The van der Waals surface area contributed by atoms with Crippen molar-refractivity contribution in [2.75, 3.05) is 0 Å². The summed E-state index contributed by atoms with van der Waals surface area (Å²) in [5, 5.41) is 8.56. The second-order valence-electron chi connectivity index (χ2n) is 2.48. The molecular formula is C9H6N4. The molecule has 4 heteroatoms. The molecule has 0 N–H and O–H groups in total. The maximum Gasteiger partial charge on any atom is 0.158 e. The predicted octanol–water partition coefficient (Wildman–Crippen LogP) is 1.14. The highest BCUT2D eigenvalue weighted by Crippen LogP contribution is 2.05.